The number of aryl methyl sites for hydroxylation is 1. The first-order valence-corrected chi connectivity index (χ1v) is 6.08. The van der Waals surface area contributed by atoms with Gasteiger partial charge in [-0.15, -0.1) is 0 Å². The number of rotatable bonds is 3. The molecule has 1 aromatic carbocycles. The van der Waals surface area contributed by atoms with Crippen molar-refractivity contribution in [3.8, 4) is 5.75 Å². The second kappa shape index (κ2) is 5.52. The van der Waals surface area contributed by atoms with Gasteiger partial charge in [0.25, 0.3) is 5.91 Å². The largest absolute Gasteiger partial charge is 0.508 e. The van der Waals surface area contributed by atoms with Crippen molar-refractivity contribution in [3.63, 3.8) is 0 Å². The first kappa shape index (κ1) is 13.1. The van der Waals surface area contributed by atoms with E-state index in [1.54, 1.807) is 31.5 Å². The second-order valence-electron chi connectivity index (χ2n) is 4.47. The quantitative estimate of drug-likeness (QED) is 0.887. The van der Waals surface area contributed by atoms with E-state index in [1.807, 2.05) is 19.1 Å². The van der Waals surface area contributed by atoms with Crippen LogP contribution in [0.25, 0.3) is 0 Å². The van der Waals surface area contributed by atoms with Gasteiger partial charge in [-0.2, -0.15) is 0 Å². The highest BCUT2D eigenvalue weighted by molar-refractivity contribution is 5.96. The minimum atomic E-state index is -0.151. The Bertz CT molecular complexity index is 582. The Kier molecular flexibility index (Phi) is 3.80. The predicted octanol–water partition coefficient (Wildman–Crippen LogP) is 2.59. The number of benzene rings is 1. The molecule has 0 fully saturated rings. The zero-order valence-corrected chi connectivity index (χ0v) is 10.9. The van der Waals surface area contributed by atoms with Crippen LogP contribution < -0.4 is 5.32 Å². The summed E-state index contributed by atoms with van der Waals surface area (Å²) in [7, 11) is 0. The number of carbonyl (C=O) groups is 1. The van der Waals surface area contributed by atoms with Crippen molar-refractivity contribution in [1.29, 1.82) is 0 Å². The highest BCUT2D eigenvalue weighted by Gasteiger charge is 2.13. The van der Waals surface area contributed by atoms with E-state index in [2.05, 4.69) is 10.3 Å². The zero-order chi connectivity index (χ0) is 13.8. The SMILES string of the molecule is Cc1cc(O)ccc1C(=O)NC(C)c1ccncc1. The van der Waals surface area contributed by atoms with Crippen LogP contribution >= 0.6 is 0 Å². The molecule has 0 bridgehead atoms. The summed E-state index contributed by atoms with van der Waals surface area (Å²) < 4.78 is 0. The molecule has 2 rings (SSSR count). The maximum absolute atomic E-state index is 12.2. The second-order valence-corrected chi connectivity index (χ2v) is 4.47. The Hall–Kier alpha value is -2.36. The van der Waals surface area contributed by atoms with Crippen molar-refractivity contribution in [3.05, 3.63) is 59.4 Å². The van der Waals surface area contributed by atoms with Crippen LogP contribution in [0, 0.1) is 6.92 Å². The van der Waals surface area contributed by atoms with E-state index in [1.165, 1.54) is 6.07 Å². The lowest BCUT2D eigenvalue weighted by molar-refractivity contribution is 0.0939. The lowest BCUT2D eigenvalue weighted by atomic mass is 10.1. The van der Waals surface area contributed by atoms with Gasteiger partial charge in [-0.25, -0.2) is 0 Å². The molecule has 1 unspecified atom stereocenters. The van der Waals surface area contributed by atoms with Crippen LogP contribution in [0.2, 0.25) is 0 Å². The summed E-state index contributed by atoms with van der Waals surface area (Å²) in [5.41, 5.74) is 2.32. The molecular weight excluding hydrogens is 240 g/mol. The van der Waals surface area contributed by atoms with Crippen molar-refractivity contribution in [1.82, 2.24) is 10.3 Å². The average Bonchev–Trinajstić information content (AvgIpc) is 2.39. The third-order valence-corrected chi connectivity index (χ3v) is 3.01. The monoisotopic (exact) mass is 256 g/mol. The summed E-state index contributed by atoms with van der Waals surface area (Å²) in [6.45, 7) is 3.72. The Morgan fingerprint density at radius 1 is 1.26 bits per heavy atom. The summed E-state index contributed by atoms with van der Waals surface area (Å²) in [5.74, 6) is 0.0121. The lowest BCUT2D eigenvalue weighted by Gasteiger charge is -2.15. The van der Waals surface area contributed by atoms with Crippen LogP contribution in [0.15, 0.2) is 42.7 Å². The van der Waals surface area contributed by atoms with Gasteiger partial charge in [-0.3, -0.25) is 9.78 Å². The summed E-state index contributed by atoms with van der Waals surface area (Å²) in [5, 5.41) is 12.3. The Labute approximate surface area is 112 Å². The molecule has 98 valence electrons. The summed E-state index contributed by atoms with van der Waals surface area (Å²) in [4.78, 5) is 16.1. The molecule has 0 saturated heterocycles. The molecule has 1 heterocycles. The van der Waals surface area contributed by atoms with Gasteiger partial charge in [0.1, 0.15) is 5.75 Å². The maximum Gasteiger partial charge on any atom is 0.252 e. The molecule has 4 heteroatoms. The molecule has 0 spiro atoms. The van der Waals surface area contributed by atoms with E-state index in [-0.39, 0.29) is 17.7 Å². The Morgan fingerprint density at radius 3 is 2.58 bits per heavy atom. The van der Waals surface area contributed by atoms with Crippen molar-refractivity contribution in [2.24, 2.45) is 0 Å². The van der Waals surface area contributed by atoms with Gasteiger partial charge in [0.05, 0.1) is 6.04 Å². The zero-order valence-electron chi connectivity index (χ0n) is 10.9. The van der Waals surface area contributed by atoms with Gasteiger partial charge >= 0.3 is 0 Å². The highest BCUT2D eigenvalue weighted by Crippen LogP contribution is 2.17. The van der Waals surface area contributed by atoms with E-state index in [4.69, 9.17) is 0 Å². The molecule has 0 aliphatic heterocycles. The van der Waals surface area contributed by atoms with Gasteiger partial charge in [0.15, 0.2) is 0 Å². The van der Waals surface area contributed by atoms with Gasteiger partial charge < -0.3 is 10.4 Å². The molecule has 0 saturated carbocycles. The number of phenolic OH excluding ortho intramolecular Hbond substituents is 1. The Balaban J connectivity index is 2.13. The molecule has 1 atom stereocenters. The first-order valence-electron chi connectivity index (χ1n) is 6.08. The van der Waals surface area contributed by atoms with E-state index < -0.39 is 0 Å². The molecule has 4 nitrogen and oxygen atoms in total. The number of hydrogen-bond donors (Lipinski definition) is 2. The van der Waals surface area contributed by atoms with E-state index >= 15 is 0 Å². The topological polar surface area (TPSA) is 62.2 Å². The number of nitrogens with zero attached hydrogens (tertiary/aromatic N) is 1. The number of pyridine rings is 1. The summed E-state index contributed by atoms with van der Waals surface area (Å²) >= 11 is 0. The van der Waals surface area contributed by atoms with Crippen LogP contribution in [0.5, 0.6) is 5.75 Å². The number of phenols is 1. The van der Waals surface area contributed by atoms with Crippen LogP contribution in [0.4, 0.5) is 0 Å². The van der Waals surface area contributed by atoms with E-state index in [9.17, 15) is 9.90 Å². The van der Waals surface area contributed by atoms with E-state index in [0.29, 0.717) is 5.56 Å². The number of nitrogens with one attached hydrogen (secondary N) is 1. The fraction of sp³-hybridized carbons (Fsp3) is 0.200. The summed E-state index contributed by atoms with van der Waals surface area (Å²) in [6, 6.07) is 8.36. The molecule has 1 amide bonds. The number of aromatic nitrogens is 1. The normalized spacial score (nSPS) is 11.9. The van der Waals surface area contributed by atoms with Crippen LogP contribution in [-0.4, -0.2) is 16.0 Å². The maximum atomic E-state index is 12.2. The molecule has 19 heavy (non-hydrogen) atoms. The third-order valence-electron chi connectivity index (χ3n) is 3.01. The fourth-order valence-electron chi connectivity index (χ4n) is 1.91. The fourth-order valence-corrected chi connectivity index (χ4v) is 1.91. The molecule has 1 aromatic heterocycles. The first-order chi connectivity index (χ1) is 9.08. The van der Waals surface area contributed by atoms with E-state index in [0.717, 1.165) is 11.1 Å². The Morgan fingerprint density at radius 2 is 1.95 bits per heavy atom. The number of aromatic hydroxyl groups is 1. The summed E-state index contributed by atoms with van der Waals surface area (Å²) in [6.07, 6.45) is 3.40. The predicted molar refractivity (Wildman–Crippen MR) is 73.0 cm³/mol. The number of hydrogen-bond acceptors (Lipinski definition) is 3. The third kappa shape index (κ3) is 3.10. The lowest BCUT2D eigenvalue weighted by Crippen LogP contribution is -2.27. The van der Waals surface area contributed by atoms with Crippen LogP contribution in [0.1, 0.15) is 34.5 Å². The van der Waals surface area contributed by atoms with Gasteiger partial charge in [-0.1, -0.05) is 0 Å². The smallest absolute Gasteiger partial charge is 0.252 e. The van der Waals surface area contributed by atoms with Gasteiger partial charge in [0.2, 0.25) is 0 Å². The average molecular weight is 256 g/mol. The highest BCUT2D eigenvalue weighted by atomic mass is 16.3. The minimum Gasteiger partial charge on any atom is -0.508 e. The molecule has 0 radical (unpaired) electrons. The van der Waals surface area contributed by atoms with Crippen molar-refractivity contribution in [2.75, 3.05) is 0 Å². The van der Waals surface area contributed by atoms with Crippen LogP contribution in [0.3, 0.4) is 0 Å². The minimum absolute atomic E-state index is 0.0938. The van der Waals surface area contributed by atoms with Crippen molar-refractivity contribution in [2.45, 2.75) is 19.9 Å². The molecule has 2 aromatic rings. The molecule has 2 N–H and O–H groups in total. The molecule has 0 aliphatic rings. The van der Waals surface area contributed by atoms with Crippen LogP contribution in [-0.2, 0) is 0 Å². The van der Waals surface area contributed by atoms with Crippen molar-refractivity contribution >= 4 is 5.91 Å². The number of amides is 1. The standard InChI is InChI=1S/C15H16N2O2/c1-10-9-13(18)3-4-14(10)15(19)17-11(2)12-5-7-16-8-6-12/h3-9,11,18H,1-2H3,(H,17,19). The van der Waals surface area contributed by atoms with Gasteiger partial charge in [-0.05, 0) is 55.3 Å². The van der Waals surface area contributed by atoms with Gasteiger partial charge in [0, 0.05) is 18.0 Å². The molecular formula is C15H16N2O2. The van der Waals surface area contributed by atoms with Crippen molar-refractivity contribution < 1.29 is 9.90 Å². The number of carbonyl (C=O) groups excluding carboxylic acids is 1. The molecule has 0 aliphatic carbocycles.